The monoisotopic (exact) mass is 466 g/mol. The Hall–Kier alpha value is -3.88. The van der Waals surface area contributed by atoms with Gasteiger partial charge in [-0.25, -0.2) is 0 Å². The molecule has 0 spiro atoms. The van der Waals surface area contributed by atoms with E-state index in [1.165, 1.54) is 31.3 Å². The summed E-state index contributed by atoms with van der Waals surface area (Å²) in [6, 6.07) is 9.78. The molecule has 0 bridgehead atoms. The van der Waals surface area contributed by atoms with Gasteiger partial charge in [0.05, 0.1) is 31.8 Å². The Bertz CT molecular complexity index is 1190. The van der Waals surface area contributed by atoms with Crippen molar-refractivity contribution in [1.29, 1.82) is 0 Å². The van der Waals surface area contributed by atoms with E-state index < -0.39 is 10.8 Å². The molecule has 0 radical (unpaired) electrons. The number of nitro groups is 1. The number of carbonyl (C=O) groups is 2. The fraction of sp³-hybridized carbons (Fsp3) is 0.360. The molecule has 1 aliphatic heterocycles. The number of methoxy groups -OCH3 is 2. The van der Waals surface area contributed by atoms with Gasteiger partial charge in [0.2, 0.25) is 5.91 Å². The summed E-state index contributed by atoms with van der Waals surface area (Å²) in [5.41, 5.74) is 1.72. The molecule has 9 heteroatoms. The molecule has 0 aromatic heterocycles. The van der Waals surface area contributed by atoms with E-state index in [0.717, 1.165) is 5.56 Å². The van der Waals surface area contributed by atoms with E-state index in [2.05, 4.69) is 0 Å². The van der Waals surface area contributed by atoms with Crippen molar-refractivity contribution in [2.45, 2.75) is 38.5 Å². The smallest absolute Gasteiger partial charge is 0.297 e. The highest BCUT2D eigenvalue weighted by atomic mass is 16.6. The summed E-state index contributed by atoms with van der Waals surface area (Å²) in [5.74, 6) is 0.576. The van der Waals surface area contributed by atoms with Crippen LogP contribution in [0.5, 0.6) is 17.2 Å². The molecule has 9 nitrogen and oxygen atoms in total. The maximum atomic E-state index is 13.5. The quantitative estimate of drug-likeness (QED) is 0.435. The summed E-state index contributed by atoms with van der Waals surface area (Å²) in [6.07, 6.45) is 1.42. The van der Waals surface area contributed by atoms with E-state index in [9.17, 15) is 19.7 Å². The summed E-state index contributed by atoms with van der Waals surface area (Å²) < 4.78 is 16.1. The maximum Gasteiger partial charge on any atom is 0.297 e. The van der Waals surface area contributed by atoms with Crippen LogP contribution >= 0.6 is 0 Å². The summed E-state index contributed by atoms with van der Waals surface area (Å²) in [6.45, 7) is 2.14. The zero-order valence-electron chi connectivity index (χ0n) is 19.3. The molecule has 4 rings (SSSR count). The van der Waals surface area contributed by atoms with Crippen molar-refractivity contribution in [3.63, 3.8) is 0 Å². The van der Waals surface area contributed by atoms with Gasteiger partial charge >= 0.3 is 0 Å². The number of ketones is 1. The van der Waals surface area contributed by atoms with Crippen LogP contribution in [0, 0.1) is 10.1 Å². The minimum Gasteiger partial charge on any atom is -0.494 e. The first-order valence-corrected chi connectivity index (χ1v) is 11.1. The molecule has 1 unspecified atom stereocenters. The molecule has 0 fully saturated rings. The number of rotatable bonds is 7. The van der Waals surface area contributed by atoms with E-state index >= 15 is 0 Å². The van der Waals surface area contributed by atoms with E-state index in [-0.39, 0.29) is 29.5 Å². The zero-order valence-corrected chi connectivity index (χ0v) is 19.3. The van der Waals surface area contributed by atoms with Crippen molar-refractivity contribution in [2.24, 2.45) is 0 Å². The summed E-state index contributed by atoms with van der Waals surface area (Å²) in [5, 5.41) is 11.9. The molecule has 2 aliphatic rings. The second-order valence-corrected chi connectivity index (χ2v) is 8.08. The predicted molar refractivity (Wildman–Crippen MR) is 125 cm³/mol. The number of nitrogens with zero attached hydrogens (tertiary/aromatic N) is 2. The third-order valence-electron chi connectivity index (χ3n) is 6.18. The minimum absolute atomic E-state index is 0.00439. The number of ether oxygens (including phenoxy) is 3. The first kappa shape index (κ1) is 23.3. The van der Waals surface area contributed by atoms with E-state index in [1.54, 1.807) is 25.1 Å². The van der Waals surface area contributed by atoms with Crippen molar-refractivity contribution in [3.05, 3.63) is 63.3 Å². The van der Waals surface area contributed by atoms with Crippen molar-refractivity contribution in [1.82, 2.24) is 0 Å². The molecule has 1 amide bonds. The van der Waals surface area contributed by atoms with E-state index in [0.29, 0.717) is 54.4 Å². The summed E-state index contributed by atoms with van der Waals surface area (Å²) in [7, 11) is 3.06. The molecule has 2 aromatic rings. The van der Waals surface area contributed by atoms with Crippen molar-refractivity contribution in [3.8, 4) is 17.2 Å². The van der Waals surface area contributed by atoms with Crippen LogP contribution in [0.2, 0.25) is 0 Å². The first-order chi connectivity index (χ1) is 16.4. The number of hydrogen-bond acceptors (Lipinski definition) is 7. The molecule has 34 heavy (non-hydrogen) atoms. The Balaban J connectivity index is 1.86. The Morgan fingerprint density at radius 2 is 1.82 bits per heavy atom. The highest BCUT2D eigenvalue weighted by molar-refractivity contribution is 6.08. The van der Waals surface area contributed by atoms with Crippen molar-refractivity contribution in [2.75, 3.05) is 25.7 Å². The van der Waals surface area contributed by atoms with Crippen LogP contribution in [0.25, 0.3) is 0 Å². The van der Waals surface area contributed by atoms with Crippen LogP contribution in [-0.2, 0) is 9.59 Å². The van der Waals surface area contributed by atoms with Gasteiger partial charge in [-0.1, -0.05) is 6.07 Å². The lowest BCUT2D eigenvalue weighted by Gasteiger charge is -2.38. The SMILES string of the molecule is CCOc1ccc(N2C(=O)CC(c3ccc(OC)c(OC)c3)C3=C2CCCC3=O)c([N+](=O)[O-])c1. The minimum atomic E-state index is -0.531. The van der Waals surface area contributed by atoms with Crippen LogP contribution in [0.4, 0.5) is 11.4 Å². The van der Waals surface area contributed by atoms with Gasteiger partial charge in [-0.2, -0.15) is 0 Å². The Morgan fingerprint density at radius 3 is 2.50 bits per heavy atom. The molecule has 0 N–H and O–H groups in total. The molecule has 1 aliphatic carbocycles. The Labute approximate surface area is 197 Å². The van der Waals surface area contributed by atoms with E-state index in [1.807, 2.05) is 6.07 Å². The fourth-order valence-electron chi connectivity index (χ4n) is 4.72. The van der Waals surface area contributed by atoms with Crippen LogP contribution in [-0.4, -0.2) is 37.4 Å². The highest BCUT2D eigenvalue weighted by Crippen LogP contribution is 2.46. The highest BCUT2D eigenvalue weighted by Gasteiger charge is 2.41. The van der Waals surface area contributed by atoms with Gasteiger partial charge in [0.25, 0.3) is 5.69 Å². The first-order valence-electron chi connectivity index (χ1n) is 11.1. The summed E-state index contributed by atoms with van der Waals surface area (Å²) >= 11 is 0. The predicted octanol–water partition coefficient (Wildman–Crippen LogP) is 4.54. The van der Waals surface area contributed by atoms with Crippen LogP contribution < -0.4 is 19.1 Å². The summed E-state index contributed by atoms with van der Waals surface area (Å²) in [4.78, 5) is 39.3. The number of hydrogen-bond donors (Lipinski definition) is 0. The number of nitro benzene ring substituents is 1. The normalized spacial score (nSPS) is 18.0. The molecule has 0 saturated heterocycles. The molecular formula is C25H26N2O7. The molecule has 0 saturated carbocycles. The van der Waals surface area contributed by atoms with Crippen molar-refractivity contribution < 1.29 is 28.7 Å². The topological polar surface area (TPSA) is 108 Å². The molecule has 1 heterocycles. The lowest BCUT2D eigenvalue weighted by atomic mass is 9.77. The van der Waals surface area contributed by atoms with Crippen LogP contribution in [0.3, 0.4) is 0 Å². The second kappa shape index (κ2) is 9.54. The Kier molecular flexibility index (Phi) is 6.54. The average molecular weight is 466 g/mol. The number of anilines is 1. The zero-order chi connectivity index (χ0) is 24.4. The number of amides is 1. The van der Waals surface area contributed by atoms with Gasteiger partial charge in [0.15, 0.2) is 17.3 Å². The standard InChI is InChI=1S/C25H26N2O7/c1-4-34-16-9-10-18(20(13-16)27(30)31)26-19-6-5-7-21(28)25(19)17(14-24(26)29)15-8-11-22(32-2)23(12-15)33-3/h8-13,17H,4-7,14H2,1-3H3. The number of carbonyl (C=O) groups excluding carboxylic acids is 2. The van der Waals surface area contributed by atoms with Crippen LogP contribution in [0.1, 0.15) is 44.1 Å². The van der Waals surface area contributed by atoms with Gasteiger partial charge in [-0.05, 0) is 49.6 Å². The number of allylic oxidation sites excluding steroid dienone is 2. The molecule has 1 atom stereocenters. The van der Waals surface area contributed by atoms with Gasteiger partial charge < -0.3 is 14.2 Å². The van der Waals surface area contributed by atoms with E-state index in [4.69, 9.17) is 14.2 Å². The van der Waals surface area contributed by atoms with Crippen molar-refractivity contribution >= 4 is 23.1 Å². The Morgan fingerprint density at radius 1 is 1.06 bits per heavy atom. The fourth-order valence-corrected chi connectivity index (χ4v) is 4.72. The second-order valence-electron chi connectivity index (χ2n) is 8.08. The average Bonchev–Trinajstić information content (AvgIpc) is 2.83. The largest absolute Gasteiger partial charge is 0.494 e. The van der Waals surface area contributed by atoms with Crippen LogP contribution in [0.15, 0.2) is 47.7 Å². The molecule has 178 valence electrons. The van der Waals surface area contributed by atoms with Gasteiger partial charge in [-0.15, -0.1) is 0 Å². The lowest BCUT2D eigenvalue weighted by Crippen LogP contribution is -2.40. The molecular weight excluding hydrogens is 440 g/mol. The third-order valence-corrected chi connectivity index (χ3v) is 6.18. The molecule has 2 aromatic carbocycles. The van der Waals surface area contributed by atoms with Gasteiger partial charge in [0, 0.05) is 30.0 Å². The van der Waals surface area contributed by atoms with Gasteiger partial charge in [0.1, 0.15) is 11.4 Å². The van der Waals surface area contributed by atoms with Gasteiger partial charge in [-0.3, -0.25) is 24.6 Å². The third kappa shape index (κ3) is 4.09. The number of Topliss-reactive ketones (excluding diaryl/α,β-unsaturated/α-hetero) is 1. The maximum absolute atomic E-state index is 13.5. The number of benzene rings is 2. The lowest BCUT2D eigenvalue weighted by molar-refractivity contribution is -0.384.